The predicted octanol–water partition coefficient (Wildman–Crippen LogP) is 8.86. The molecule has 4 nitrogen and oxygen atoms in total. The van der Waals surface area contributed by atoms with E-state index in [0.29, 0.717) is 6.61 Å². The van der Waals surface area contributed by atoms with Crippen LogP contribution in [0.4, 0.5) is 17.1 Å². The Labute approximate surface area is 250 Å². The third-order valence-electron chi connectivity index (χ3n) is 7.30. The zero-order valence-electron chi connectivity index (χ0n) is 24.8. The number of nitrogens with zero attached hydrogens (tertiary/aromatic N) is 1. The van der Waals surface area contributed by atoms with Crippen LogP contribution in [0.5, 0.6) is 5.75 Å². The second-order valence-electron chi connectivity index (χ2n) is 10.2. The Bertz CT molecular complexity index is 1560. The maximum absolute atomic E-state index is 5.57. The summed E-state index contributed by atoms with van der Waals surface area (Å²) in [4.78, 5) is 0. The zero-order valence-corrected chi connectivity index (χ0v) is 24.8. The van der Waals surface area contributed by atoms with Crippen LogP contribution in [0.3, 0.4) is 0 Å². The first-order chi connectivity index (χ1) is 20.7. The Kier molecular flexibility index (Phi) is 9.69. The van der Waals surface area contributed by atoms with Crippen molar-refractivity contribution in [2.75, 3.05) is 30.3 Å². The van der Waals surface area contributed by atoms with Crippen LogP contribution in [0.15, 0.2) is 133 Å². The minimum Gasteiger partial charge on any atom is -0.494 e. The van der Waals surface area contributed by atoms with Crippen LogP contribution in [0.25, 0.3) is 5.57 Å². The Morgan fingerprint density at radius 2 is 1.21 bits per heavy atom. The summed E-state index contributed by atoms with van der Waals surface area (Å²) < 4.78 is 7.98. The molecule has 0 bridgehead atoms. The van der Waals surface area contributed by atoms with Crippen LogP contribution in [-0.4, -0.2) is 30.0 Å². The van der Waals surface area contributed by atoms with Gasteiger partial charge < -0.3 is 15.4 Å². The Morgan fingerprint density at radius 1 is 0.643 bits per heavy atom. The van der Waals surface area contributed by atoms with Crippen molar-refractivity contribution in [3.8, 4) is 5.75 Å². The van der Waals surface area contributed by atoms with E-state index in [4.69, 9.17) is 4.74 Å². The van der Waals surface area contributed by atoms with E-state index < -0.39 is 0 Å². The zero-order chi connectivity index (χ0) is 29.1. The lowest BCUT2D eigenvalue weighted by atomic mass is 9.90. The molecule has 212 valence electrons. The topological polar surface area (TPSA) is 36.3 Å². The summed E-state index contributed by atoms with van der Waals surface area (Å²) in [6.07, 6.45) is 9.00. The van der Waals surface area contributed by atoms with E-state index in [1.165, 1.54) is 33.5 Å². The van der Waals surface area contributed by atoms with E-state index in [2.05, 4.69) is 132 Å². The van der Waals surface area contributed by atoms with E-state index in [-0.39, 0.29) is 0 Å². The van der Waals surface area contributed by atoms with Gasteiger partial charge in [0.15, 0.2) is 12.3 Å². The van der Waals surface area contributed by atoms with E-state index in [1.54, 1.807) is 0 Å². The average Bonchev–Trinajstić information content (AvgIpc) is 3.04. The summed E-state index contributed by atoms with van der Waals surface area (Å²) >= 11 is 0. The summed E-state index contributed by atoms with van der Waals surface area (Å²) in [5.74, 6) is 0.880. The van der Waals surface area contributed by atoms with Gasteiger partial charge in [0.25, 0.3) is 0 Å². The van der Waals surface area contributed by atoms with Crippen molar-refractivity contribution in [2.24, 2.45) is 0 Å². The number of hydrogen-bond donors (Lipinski definition) is 2. The number of rotatable bonds is 11. The average molecular weight is 555 g/mol. The van der Waals surface area contributed by atoms with Gasteiger partial charge in [-0.2, -0.15) is 0 Å². The summed E-state index contributed by atoms with van der Waals surface area (Å²) in [5.41, 5.74) is 10.5. The van der Waals surface area contributed by atoms with Crippen LogP contribution in [0.2, 0.25) is 0 Å². The maximum Gasteiger partial charge on any atom is 0.200 e. The van der Waals surface area contributed by atoms with Gasteiger partial charge in [-0.25, -0.2) is 4.58 Å². The number of nitrogens with one attached hydrogen (secondary N) is 2. The molecular weight excluding hydrogens is 514 g/mol. The van der Waals surface area contributed by atoms with Crippen LogP contribution >= 0.6 is 0 Å². The minimum absolute atomic E-state index is 0.665. The first-order valence-corrected chi connectivity index (χ1v) is 14.9. The molecule has 0 aliphatic heterocycles. The van der Waals surface area contributed by atoms with Crippen LogP contribution < -0.4 is 15.4 Å². The van der Waals surface area contributed by atoms with Crippen molar-refractivity contribution < 1.29 is 9.31 Å². The molecule has 0 fully saturated rings. The van der Waals surface area contributed by atoms with Crippen molar-refractivity contribution in [2.45, 2.75) is 27.3 Å². The summed E-state index contributed by atoms with van der Waals surface area (Å²) in [6.45, 7) is 9.73. The van der Waals surface area contributed by atoms with Crippen LogP contribution in [0, 0.1) is 0 Å². The second-order valence-corrected chi connectivity index (χ2v) is 10.2. The molecule has 42 heavy (non-hydrogen) atoms. The molecule has 1 aliphatic rings. The smallest absolute Gasteiger partial charge is 0.200 e. The first-order valence-electron chi connectivity index (χ1n) is 14.9. The third kappa shape index (κ3) is 7.27. The monoisotopic (exact) mass is 554 g/mol. The van der Waals surface area contributed by atoms with Crippen LogP contribution in [-0.2, 0) is 6.54 Å². The Morgan fingerprint density at radius 3 is 1.76 bits per heavy atom. The number of allylic oxidation sites excluding steroid dienone is 5. The first kappa shape index (κ1) is 28.7. The lowest BCUT2D eigenvalue weighted by Crippen LogP contribution is -2.19. The molecule has 4 aromatic rings. The molecule has 0 aromatic heterocycles. The van der Waals surface area contributed by atoms with Gasteiger partial charge in [-0.1, -0.05) is 54.6 Å². The molecular formula is C38H40N3O+. The Balaban J connectivity index is 1.45. The molecule has 4 aromatic carbocycles. The Hall–Kier alpha value is -4.83. The highest BCUT2D eigenvalue weighted by atomic mass is 16.5. The molecule has 0 unspecified atom stereocenters. The SMILES string of the molecule is CCNc1ccc(C(=C2C=CC(=[N+](CC)Cc3ccccc3)C=C2)c2ccc(Nc3ccc(OCC)cc3)cc2)cc1. The standard InChI is InChI=1S/C38H39N3O/c1-4-39-33-18-12-30(13-19-33)38(31-14-20-34(21-15-31)40-35-22-26-37(27-23-35)42-6-3)32-16-24-36(25-17-32)41(5-2)28-29-10-8-7-9-11-29/h7-27H,4-6,28H2,1-3H3,(H,39,40)/p+1. The second kappa shape index (κ2) is 14.2. The van der Waals surface area contributed by atoms with Crippen LogP contribution in [0.1, 0.15) is 37.5 Å². The molecule has 0 atom stereocenters. The highest BCUT2D eigenvalue weighted by Gasteiger charge is 2.16. The van der Waals surface area contributed by atoms with Crippen molar-refractivity contribution in [1.29, 1.82) is 0 Å². The van der Waals surface area contributed by atoms with Crippen molar-refractivity contribution in [3.05, 3.63) is 150 Å². The van der Waals surface area contributed by atoms with Gasteiger partial charge in [0.1, 0.15) is 12.3 Å². The quantitative estimate of drug-likeness (QED) is 0.182. The number of ether oxygens (including phenoxy) is 1. The highest BCUT2D eigenvalue weighted by molar-refractivity contribution is 6.04. The third-order valence-corrected chi connectivity index (χ3v) is 7.30. The summed E-state index contributed by atoms with van der Waals surface area (Å²) in [5, 5.41) is 6.92. The van der Waals surface area contributed by atoms with Gasteiger partial charge in [-0.15, -0.1) is 0 Å². The molecule has 0 heterocycles. The molecule has 0 saturated carbocycles. The summed E-state index contributed by atoms with van der Waals surface area (Å²) in [7, 11) is 0. The molecule has 4 heteroatoms. The fraction of sp³-hybridized carbons (Fsp3) is 0.184. The number of anilines is 3. The van der Waals surface area contributed by atoms with Gasteiger partial charge in [-0.05, 0) is 104 Å². The fourth-order valence-corrected chi connectivity index (χ4v) is 5.18. The lowest BCUT2D eigenvalue weighted by Gasteiger charge is -2.16. The molecule has 1 aliphatic carbocycles. The lowest BCUT2D eigenvalue weighted by molar-refractivity contribution is -0.539. The molecule has 5 rings (SSSR count). The van der Waals surface area contributed by atoms with Crippen molar-refractivity contribution in [3.63, 3.8) is 0 Å². The van der Waals surface area contributed by atoms with Gasteiger partial charge in [0, 0.05) is 41.3 Å². The van der Waals surface area contributed by atoms with Gasteiger partial charge in [0.2, 0.25) is 0 Å². The van der Waals surface area contributed by atoms with E-state index in [9.17, 15) is 0 Å². The minimum atomic E-state index is 0.665. The highest BCUT2D eigenvalue weighted by Crippen LogP contribution is 2.32. The van der Waals surface area contributed by atoms with Gasteiger partial charge in [0.05, 0.1) is 6.61 Å². The normalized spacial score (nSPS) is 12.3. The van der Waals surface area contributed by atoms with Crippen molar-refractivity contribution in [1.82, 2.24) is 0 Å². The molecule has 2 N–H and O–H groups in total. The number of benzene rings is 4. The van der Waals surface area contributed by atoms with E-state index in [0.717, 1.165) is 42.4 Å². The molecule has 0 amide bonds. The number of hydrogen-bond acceptors (Lipinski definition) is 3. The molecule has 0 radical (unpaired) electrons. The van der Waals surface area contributed by atoms with Gasteiger partial charge in [-0.3, -0.25) is 0 Å². The largest absolute Gasteiger partial charge is 0.494 e. The summed E-state index contributed by atoms with van der Waals surface area (Å²) in [6, 6.07) is 36.2. The van der Waals surface area contributed by atoms with E-state index in [1.807, 2.05) is 31.2 Å². The maximum atomic E-state index is 5.57. The molecule has 0 spiro atoms. The van der Waals surface area contributed by atoms with E-state index >= 15 is 0 Å². The van der Waals surface area contributed by atoms with Gasteiger partial charge >= 0.3 is 0 Å². The van der Waals surface area contributed by atoms with Crippen molar-refractivity contribution >= 4 is 28.3 Å². The molecule has 0 saturated heterocycles. The fourth-order valence-electron chi connectivity index (χ4n) is 5.18. The predicted molar refractivity (Wildman–Crippen MR) is 178 cm³/mol.